The van der Waals surface area contributed by atoms with E-state index in [9.17, 15) is 14.7 Å². The molecular weight excluding hydrogens is 827 g/mol. The highest BCUT2D eigenvalue weighted by Gasteiger charge is 2.34. The lowest BCUT2D eigenvalue weighted by atomic mass is 9.80. The van der Waals surface area contributed by atoms with Crippen LogP contribution in [0.5, 0.6) is 0 Å². The van der Waals surface area contributed by atoms with Gasteiger partial charge in [0.15, 0.2) is 29.0 Å². The first-order valence-electron chi connectivity index (χ1n) is 17.9. The molecule has 0 bridgehead atoms. The van der Waals surface area contributed by atoms with Crippen LogP contribution in [0.2, 0.25) is 0 Å². The van der Waals surface area contributed by atoms with Crippen LogP contribution in [0.25, 0.3) is 17.0 Å². The number of anilines is 1. The lowest BCUT2D eigenvalue weighted by Gasteiger charge is -2.32. The summed E-state index contributed by atoms with van der Waals surface area (Å²) in [6.07, 6.45) is 12.2. The third kappa shape index (κ3) is 10.5. The molecule has 9 nitrogen and oxygen atoms in total. The normalized spacial score (nSPS) is 14.4. The smallest absolute Gasteiger partial charge is 0.338 e. The lowest BCUT2D eigenvalue weighted by Crippen LogP contribution is -2.30. The zero-order valence-corrected chi connectivity index (χ0v) is 35.0. The molecular formula is C40H39Cl6N5O4. The van der Waals surface area contributed by atoms with Crippen LogP contribution in [0.3, 0.4) is 0 Å². The predicted octanol–water partition coefficient (Wildman–Crippen LogP) is 9.01. The average molecular weight is 867 g/mol. The number of aromatic nitrogens is 3. The third-order valence-electron chi connectivity index (χ3n) is 9.01. The minimum absolute atomic E-state index is 0.0715. The summed E-state index contributed by atoms with van der Waals surface area (Å²) in [7, 11) is 0. The van der Waals surface area contributed by atoms with E-state index in [0.717, 1.165) is 50.2 Å². The first-order valence-corrected chi connectivity index (χ1v) is 20.1. The first kappa shape index (κ1) is 42.7. The molecule has 0 amide bonds. The number of Topliss-reactive ketones (excluding diaryl/α,β-unsaturated/α-hetero) is 1. The van der Waals surface area contributed by atoms with Gasteiger partial charge >= 0.3 is 5.97 Å². The van der Waals surface area contributed by atoms with Crippen LogP contribution in [-0.2, 0) is 17.1 Å². The van der Waals surface area contributed by atoms with Gasteiger partial charge in [-0.3, -0.25) is 4.79 Å². The van der Waals surface area contributed by atoms with Gasteiger partial charge in [0.1, 0.15) is 19.7 Å². The molecule has 0 unspecified atom stereocenters. The van der Waals surface area contributed by atoms with Crippen LogP contribution in [-0.4, -0.2) is 69.8 Å². The Bertz CT molecular complexity index is 2000. The lowest BCUT2D eigenvalue weighted by molar-refractivity contribution is -0.527. The van der Waals surface area contributed by atoms with Crippen molar-refractivity contribution in [3.63, 3.8) is 0 Å². The largest absolute Gasteiger partial charge is 0.871 e. The number of benzene rings is 2. The van der Waals surface area contributed by atoms with Crippen molar-refractivity contribution >= 4 is 98.3 Å². The molecule has 0 saturated carbocycles. The molecule has 0 radical (unpaired) electrons. The van der Waals surface area contributed by atoms with E-state index >= 15 is 0 Å². The number of carbonyl (C=O) groups excluding carboxylic acids is 2. The maximum absolute atomic E-state index is 13.3. The number of hydrogen-bond acceptors (Lipinski definition) is 8. The van der Waals surface area contributed by atoms with Gasteiger partial charge in [-0.2, -0.15) is 0 Å². The summed E-state index contributed by atoms with van der Waals surface area (Å²) >= 11 is 35.9. The molecule has 2 aromatic carbocycles. The number of nitrogens with zero attached hydrogens (tertiary/aromatic N) is 5. The third-order valence-corrected chi connectivity index (χ3v) is 10.0. The molecule has 1 heterocycles. The van der Waals surface area contributed by atoms with Crippen LogP contribution in [0.15, 0.2) is 89.7 Å². The fourth-order valence-corrected chi connectivity index (χ4v) is 6.49. The van der Waals surface area contributed by atoms with E-state index in [2.05, 4.69) is 33.4 Å². The highest BCUT2D eigenvalue weighted by atomic mass is 35.6. The van der Waals surface area contributed by atoms with Gasteiger partial charge in [-0.05, 0) is 54.5 Å². The highest BCUT2D eigenvalue weighted by Crippen LogP contribution is 2.41. The number of likely N-dealkylation sites (N-methyl/N-ethyl adjacent to an activating group) is 1. The van der Waals surface area contributed by atoms with Crippen LogP contribution < -0.4 is 10.0 Å². The quantitative estimate of drug-likeness (QED) is 0.0684. The second kappa shape index (κ2) is 18.7. The summed E-state index contributed by atoms with van der Waals surface area (Å²) in [5.41, 5.74) is 4.30. The van der Waals surface area contributed by atoms with Crippen LogP contribution >= 0.6 is 69.6 Å². The number of alkyl halides is 6. The Kier molecular flexibility index (Phi) is 14.5. The molecule has 0 fully saturated rings. The number of halogens is 6. The summed E-state index contributed by atoms with van der Waals surface area (Å²) in [6, 6.07) is 13.5. The topological polar surface area (TPSA) is 111 Å². The molecule has 0 N–H and O–H groups in total. The Morgan fingerprint density at radius 1 is 0.764 bits per heavy atom. The molecule has 0 atom stereocenters. The number of ketones is 1. The molecule has 0 spiro atoms. The molecule has 1 aromatic heterocycles. The minimum atomic E-state index is -2.00. The molecule has 3 aromatic rings. The summed E-state index contributed by atoms with van der Waals surface area (Å²) < 4.78 is 3.91. The van der Waals surface area contributed by atoms with Crippen LogP contribution in [0, 0.1) is 0 Å². The van der Waals surface area contributed by atoms with Crippen molar-refractivity contribution in [2.24, 2.45) is 0 Å². The Balaban J connectivity index is 1.20. The zero-order chi connectivity index (χ0) is 39.9. The van der Waals surface area contributed by atoms with Gasteiger partial charge in [-0.25, -0.2) is 24.3 Å². The Morgan fingerprint density at radius 3 is 1.80 bits per heavy atom. The van der Waals surface area contributed by atoms with E-state index in [4.69, 9.17) is 74.3 Å². The number of esters is 1. The summed E-state index contributed by atoms with van der Waals surface area (Å²) in [6.45, 7) is 9.42. The zero-order valence-electron chi connectivity index (χ0n) is 30.4. The maximum atomic E-state index is 13.3. The summed E-state index contributed by atoms with van der Waals surface area (Å²) in [4.78, 5) is 40.5. The van der Waals surface area contributed by atoms with Gasteiger partial charge in [0.2, 0.25) is 7.59 Å². The van der Waals surface area contributed by atoms with E-state index in [1.807, 2.05) is 48.3 Å². The Labute approximate surface area is 350 Å². The monoisotopic (exact) mass is 863 g/mol. The van der Waals surface area contributed by atoms with Crippen molar-refractivity contribution in [3.05, 3.63) is 113 Å². The second-order valence-electron chi connectivity index (χ2n) is 12.8. The SMILES string of the molecule is CCCC[N+](CCCC)=C1C=CC(=C2C(=O)C(c3ccc(N(CC)CCOC(=O)c4ccc(-c5nc(C(Cl)(Cl)Cl)nc(C(Cl)(Cl)Cl)n5)cc4)cc3)=C2[O-])C=C1. The molecule has 2 aliphatic rings. The van der Waals surface area contributed by atoms with Gasteiger partial charge in [-0.15, -0.1) is 0 Å². The van der Waals surface area contributed by atoms with E-state index in [1.54, 1.807) is 24.3 Å². The van der Waals surface area contributed by atoms with E-state index in [1.165, 1.54) is 12.1 Å². The second-order valence-corrected chi connectivity index (χ2v) is 17.4. The first-order chi connectivity index (χ1) is 26.2. The van der Waals surface area contributed by atoms with Gasteiger partial charge in [0.05, 0.1) is 12.1 Å². The molecule has 5 rings (SSSR count). The Hall–Kier alpha value is -3.44. The standard InChI is InChI=1S/C40H39Cl6N5O4/c1-4-7-21-51(22-8-5-2)30-19-15-26(16-20-30)32-33(52)31(34(32)53)25-13-17-29(18-14-25)50(6-3)23-24-55-36(54)28-11-9-27(10-12-28)35-47-37(39(41,42)43)49-38(48-35)40(44,45)46/h9-20H,4-8,21-24H2,1-3H3. The fourth-order valence-electron chi connectivity index (χ4n) is 5.98. The van der Waals surface area contributed by atoms with Crippen molar-refractivity contribution in [1.29, 1.82) is 0 Å². The van der Waals surface area contributed by atoms with Crippen molar-refractivity contribution < 1.29 is 24.0 Å². The predicted molar refractivity (Wildman–Crippen MR) is 220 cm³/mol. The molecule has 55 heavy (non-hydrogen) atoms. The summed E-state index contributed by atoms with van der Waals surface area (Å²) in [5, 5.41) is 13.3. The van der Waals surface area contributed by atoms with Crippen molar-refractivity contribution in [2.75, 3.05) is 37.7 Å². The summed E-state index contributed by atoms with van der Waals surface area (Å²) in [5.74, 6) is -1.43. The molecule has 2 aliphatic carbocycles. The molecule has 15 heteroatoms. The number of allylic oxidation sites excluding steroid dienone is 7. The van der Waals surface area contributed by atoms with E-state index in [-0.39, 0.29) is 52.3 Å². The number of carbonyl (C=O) groups is 2. The maximum Gasteiger partial charge on any atom is 0.338 e. The Morgan fingerprint density at radius 2 is 1.31 bits per heavy atom. The van der Waals surface area contributed by atoms with E-state index in [0.29, 0.717) is 29.8 Å². The minimum Gasteiger partial charge on any atom is -0.871 e. The van der Waals surface area contributed by atoms with Crippen molar-refractivity contribution in [1.82, 2.24) is 15.0 Å². The number of hydrogen-bond donors (Lipinski definition) is 0. The molecule has 290 valence electrons. The van der Waals surface area contributed by atoms with E-state index < -0.39 is 13.6 Å². The fraction of sp³-hybridized carbons (Fsp3) is 0.350. The molecule has 0 aliphatic heterocycles. The van der Waals surface area contributed by atoms with Crippen LogP contribution in [0.4, 0.5) is 5.69 Å². The number of rotatable bonds is 14. The van der Waals surface area contributed by atoms with Gasteiger partial charge in [-0.1, -0.05) is 126 Å². The molecule has 0 saturated heterocycles. The van der Waals surface area contributed by atoms with Gasteiger partial charge in [0, 0.05) is 53.9 Å². The van der Waals surface area contributed by atoms with Crippen molar-refractivity contribution in [3.8, 4) is 11.4 Å². The van der Waals surface area contributed by atoms with Crippen LogP contribution in [0.1, 0.15) is 74.0 Å². The average Bonchev–Trinajstić information content (AvgIpc) is 3.16. The van der Waals surface area contributed by atoms with Crippen molar-refractivity contribution in [2.45, 2.75) is 54.0 Å². The van der Waals surface area contributed by atoms with Gasteiger partial charge < -0.3 is 14.7 Å². The number of ether oxygens (including phenoxy) is 1. The van der Waals surface area contributed by atoms with Gasteiger partial charge in [0.25, 0.3) is 0 Å². The number of unbranched alkanes of at least 4 members (excludes halogenated alkanes) is 2. The highest BCUT2D eigenvalue weighted by molar-refractivity contribution is 6.67.